The Kier molecular flexibility index (Phi) is 9.65. The molecule has 1 aliphatic carbocycles. The van der Waals surface area contributed by atoms with Crippen LogP contribution < -0.4 is 5.32 Å². The maximum Gasteiger partial charge on any atom is 0.00926 e. The molecule has 0 amide bonds. The van der Waals surface area contributed by atoms with Crippen LogP contribution in [-0.4, -0.2) is 12.6 Å². The van der Waals surface area contributed by atoms with Crippen LogP contribution in [0.25, 0.3) is 0 Å². The van der Waals surface area contributed by atoms with Gasteiger partial charge < -0.3 is 5.32 Å². The molecular weight excluding hydrogens is 218 g/mol. The standard InChI is InChI=1S/C17H35N/c1-3-5-6-7-8-12-15-18-17(4-2)16-13-10-9-11-14-16/h16-18H,3-15H2,1-2H3. The van der Waals surface area contributed by atoms with Crippen LogP contribution >= 0.6 is 0 Å². The van der Waals surface area contributed by atoms with Crippen molar-refractivity contribution in [3.05, 3.63) is 0 Å². The summed E-state index contributed by atoms with van der Waals surface area (Å²) in [7, 11) is 0. The second-order valence-electron chi connectivity index (χ2n) is 6.13. The molecule has 1 unspecified atom stereocenters. The van der Waals surface area contributed by atoms with Crippen LogP contribution in [0.2, 0.25) is 0 Å². The molecule has 108 valence electrons. The van der Waals surface area contributed by atoms with Crippen molar-refractivity contribution in [2.75, 3.05) is 6.54 Å². The van der Waals surface area contributed by atoms with Gasteiger partial charge >= 0.3 is 0 Å². The minimum absolute atomic E-state index is 0.806. The van der Waals surface area contributed by atoms with Crippen LogP contribution in [0.1, 0.15) is 90.9 Å². The zero-order valence-electron chi connectivity index (χ0n) is 12.8. The molecule has 1 heteroatoms. The second-order valence-corrected chi connectivity index (χ2v) is 6.13. The van der Waals surface area contributed by atoms with Crippen LogP contribution in [0.5, 0.6) is 0 Å². The maximum atomic E-state index is 3.83. The van der Waals surface area contributed by atoms with Gasteiger partial charge in [0, 0.05) is 6.04 Å². The fraction of sp³-hybridized carbons (Fsp3) is 1.00. The van der Waals surface area contributed by atoms with E-state index >= 15 is 0 Å². The van der Waals surface area contributed by atoms with Crippen LogP contribution in [0, 0.1) is 5.92 Å². The summed E-state index contributed by atoms with van der Waals surface area (Å²) in [5.74, 6) is 0.976. The molecule has 1 rings (SSSR count). The summed E-state index contributed by atoms with van der Waals surface area (Å²) >= 11 is 0. The fourth-order valence-corrected chi connectivity index (χ4v) is 3.37. The number of unbranched alkanes of at least 4 members (excludes halogenated alkanes) is 5. The summed E-state index contributed by atoms with van der Waals surface area (Å²) in [6, 6.07) is 0.806. The quantitative estimate of drug-likeness (QED) is 0.521. The molecule has 1 N–H and O–H groups in total. The number of hydrogen-bond donors (Lipinski definition) is 1. The molecule has 0 saturated heterocycles. The van der Waals surface area contributed by atoms with Crippen molar-refractivity contribution in [3.63, 3.8) is 0 Å². The van der Waals surface area contributed by atoms with Gasteiger partial charge in [0.05, 0.1) is 0 Å². The molecule has 0 aliphatic heterocycles. The highest BCUT2D eigenvalue weighted by molar-refractivity contribution is 4.78. The van der Waals surface area contributed by atoms with Crippen LogP contribution in [0.15, 0.2) is 0 Å². The van der Waals surface area contributed by atoms with Crippen molar-refractivity contribution in [2.45, 2.75) is 96.9 Å². The van der Waals surface area contributed by atoms with Gasteiger partial charge in [-0.3, -0.25) is 0 Å². The van der Waals surface area contributed by atoms with E-state index in [-0.39, 0.29) is 0 Å². The molecule has 0 aromatic heterocycles. The molecule has 1 nitrogen and oxygen atoms in total. The predicted octanol–water partition coefficient (Wildman–Crippen LogP) is 5.30. The van der Waals surface area contributed by atoms with Gasteiger partial charge in [0.1, 0.15) is 0 Å². The van der Waals surface area contributed by atoms with Gasteiger partial charge in [-0.1, -0.05) is 65.2 Å². The smallest absolute Gasteiger partial charge is 0.00926 e. The van der Waals surface area contributed by atoms with E-state index in [9.17, 15) is 0 Å². The lowest BCUT2D eigenvalue weighted by atomic mass is 9.83. The van der Waals surface area contributed by atoms with Crippen molar-refractivity contribution >= 4 is 0 Å². The van der Waals surface area contributed by atoms with Crippen molar-refractivity contribution < 1.29 is 0 Å². The first-order valence-electron chi connectivity index (χ1n) is 8.61. The van der Waals surface area contributed by atoms with Gasteiger partial charge in [-0.2, -0.15) is 0 Å². The highest BCUT2D eigenvalue weighted by Gasteiger charge is 2.21. The Bertz CT molecular complexity index is 172. The Morgan fingerprint density at radius 3 is 2.22 bits per heavy atom. The lowest BCUT2D eigenvalue weighted by molar-refractivity contribution is 0.262. The van der Waals surface area contributed by atoms with Crippen LogP contribution in [-0.2, 0) is 0 Å². The number of nitrogens with one attached hydrogen (secondary N) is 1. The molecular formula is C17H35N. The highest BCUT2D eigenvalue weighted by atomic mass is 14.9. The molecule has 18 heavy (non-hydrogen) atoms. The molecule has 0 radical (unpaired) electrons. The van der Waals surface area contributed by atoms with Crippen molar-refractivity contribution in [3.8, 4) is 0 Å². The Hall–Kier alpha value is -0.0400. The van der Waals surface area contributed by atoms with Gasteiger partial charge in [-0.25, -0.2) is 0 Å². The van der Waals surface area contributed by atoms with Gasteiger partial charge in [0.25, 0.3) is 0 Å². The third kappa shape index (κ3) is 6.78. The van der Waals surface area contributed by atoms with E-state index in [0.29, 0.717) is 0 Å². The SMILES string of the molecule is CCCCCCCCNC(CC)C1CCCCC1. The average molecular weight is 253 g/mol. The first kappa shape index (κ1) is 16.0. The Labute approximate surface area is 115 Å². The van der Waals surface area contributed by atoms with E-state index in [0.717, 1.165) is 12.0 Å². The lowest BCUT2D eigenvalue weighted by Crippen LogP contribution is -2.37. The monoisotopic (exact) mass is 253 g/mol. The molecule has 0 spiro atoms. The first-order valence-corrected chi connectivity index (χ1v) is 8.61. The summed E-state index contributed by atoms with van der Waals surface area (Å²) in [6.45, 7) is 5.90. The molecule has 0 aromatic carbocycles. The van der Waals surface area contributed by atoms with E-state index in [1.54, 1.807) is 0 Å². The van der Waals surface area contributed by atoms with Gasteiger partial charge in [-0.15, -0.1) is 0 Å². The summed E-state index contributed by atoms with van der Waals surface area (Å²) in [6.07, 6.45) is 17.2. The van der Waals surface area contributed by atoms with Gasteiger partial charge in [-0.05, 0) is 38.1 Å². The Morgan fingerprint density at radius 1 is 0.889 bits per heavy atom. The molecule has 0 aromatic rings. The molecule has 0 heterocycles. The molecule has 1 aliphatic rings. The Morgan fingerprint density at radius 2 is 1.56 bits per heavy atom. The van der Waals surface area contributed by atoms with Gasteiger partial charge in [0.15, 0.2) is 0 Å². The van der Waals surface area contributed by atoms with E-state index < -0.39 is 0 Å². The predicted molar refractivity (Wildman–Crippen MR) is 82.0 cm³/mol. The number of rotatable bonds is 10. The third-order valence-electron chi connectivity index (χ3n) is 4.60. The summed E-state index contributed by atoms with van der Waals surface area (Å²) in [4.78, 5) is 0. The van der Waals surface area contributed by atoms with Crippen LogP contribution in [0.4, 0.5) is 0 Å². The molecule has 1 atom stereocenters. The summed E-state index contributed by atoms with van der Waals surface area (Å²) in [5, 5.41) is 3.83. The third-order valence-corrected chi connectivity index (χ3v) is 4.60. The van der Waals surface area contributed by atoms with Crippen molar-refractivity contribution in [2.24, 2.45) is 5.92 Å². The topological polar surface area (TPSA) is 12.0 Å². The van der Waals surface area contributed by atoms with Crippen molar-refractivity contribution in [1.29, 1.82) is 0 Å². The van der Waals surface area contributed by atoms with Gasteiger partial charge in [0.2, 0.25) is 0 Å². The van der Waals surface area contributed by atoms with E-state index in [2.05, 4.69) is 19.2 Å². The average Bonchev–Trinajstić information content (AvgIpc) is 2.43. The minimum atomic E-state index is 0.806. The second kappa shape index (κ2) is 10.8. The summed E-state index contributed by atoms with van der Waals surface area (Å²) in [5.41, 5.74) is 0. The first-order chi connectivity index (χ1) is 8.88. The maximum absolute atomic E-state index is 3.83. The molecule has 0 bridgehead atoms. The summed E-state index contributed by atoms with van der Waals surface area (Å²) < 4.78 is 0. The van der Waals surface area contributed by atoms with Crippen LogP contribution in [0.3, 0.4) is 0 Å². The van der Waals surface area contributed by atoms with E-state index in [1.165, 1.54) is 83.6 Å². The normalized spacial score (nSPS) is 19.0. The molecule has 1 fully saturated rings. The van der Waals surface area contributed by atoms with Crippen molar-refractivity contribution in [1.82, 2.24) is 5.32 Å². The van der Waals surface area contributed by atoms with E-state index in [1.807, 2.05) is 0 Å². The molecule has 1 saturated carbocycles. The fourth-order valence-electron chi connectivity index (χ4n) is 3.37. The minimum Gasteiger partial charge on any atom is -0.314 e. The lowest BCUT2D eigenvalue weighted by Gasteiger charge is -2.30. The van der Waals surface area contributed by atoms with E-state index in [4.69, 9.17) is 0 Å². The number of hydrogen-bond acceptors (Lipinski definition) is 1. The largest absolute Gasteiger partial charge is 0.314 e. The zero-order valence-corrected chi connectivity index (χ0v) is 12.8. The Balaban J connectivity index is 2.00. The zero-order chi connectivity index (χ0) is 13.1. The highest BCUT2D eigenvalue weighted by Crippen LogP contribution is 2.27.